The monoisotopic (exact) mass is 477 g/mol. The second-order valence-corrected chi connectivity index (χ2v) is 8.15. The van der Waals surface area contributed by atoms with Gasteiger partial charge in [0.15, 0.2) is 0 Å². The molecule has 29 heavy (non-hydrogen) atoms. The molecule has 7 heteroatoms. The Balaban J connectivity index is 2.33. The average molecular weight is 479 g/mol. The summed E-state index contributed by atoms with van der Waals surface area (Å²) in [5.41, 5.74) is 2.28. The van der Waals surface area contributed by atoms with E-state index >= 15 is 0 Å². The summed E-state index contributed by atoms with van der Waals surface area (Å²) in [6.07, 6.45) is 1.17. The molecule has 0 aliphatic carbocycles. The highest BCUT2D eigenvalue weighted by Gasteiger charge is 2.29. The van der Waals surface area contributed by atoms with Crippen LogP contribution in [0.4, 0.5) is 0 Å². The van der Waals surface area contributed by atoms with Crippen molar-refractivity contribution < 1.29 is 19.4 Å². The topological polar surface area (TPSA) is 68.5 Å². The van der Waals surface area contributed by atoms with Gasteiger partial charge in [-0.25, -0.2) is 0 Å². The molecule has 0 bridgehead atoms. The van der Waals surface area contributed by atoms with E-state index in [1.807, 2.05) is 6.92 Å². The van der Waals surface area contributed by atoms with E-state index in [0.29, 0.717) is 51.3 Å². The number of carboxylic acid groups (broad SMARTS) is 1. The predicted molar refractivity (Wildman–Crippen MR) is 117 cm³/mol. The molecule has 0 aliphatic rings. The number of carbonyl (C=O) groups excluding carboxylic acids is 1. The molecule has 1 atom stereocenters. The first kappa shape index (κ1) is 21.4. The molecule has 0 saturated heterocycles. The van der Waals surface area contributed by atoms with Crippen LogP contribution in [0.25, 0.3) is 10.9 Å². The van der Waals surface area contributed by atoms with E-state index in [9.17, 15) is 14.7 Å². The van der Waals surface area contributed by atoms with Gasteiger partial charge >= 0.3 is 5.97 Å². The molecule has 3 rings (SSSR count). The van der Waals surface area contributed by atoms with Gasteiger partial charge in [-0.1, -0.05) is 40.9 Å². The van der Waals surface area contributed by atoms with Crippen molar-refractivity contribution in [1.82, 2.24) is 4.57 Å². The highest BCUT2D eigenvalue weighted by Crippen LogP contribution is 2.39. The molecule has 3 aromatic rings. The Morgan fingerprint density at radius 2 is 1.90 bits per heavy atom. The molecule has 0 aliphatic heterocycles. The summed E-state index contributed by atoms with van der Waals surface area (Å²) in [6.45, 7) is 3.72. The van der Waals surface area contributed by atoms with E-state index in [4.69, 9.17) is 16.3 Å². The van der Waals surface area contributed by atoms with Gasteiger partial charge in [0, 0.05) is 21.1 Å². The molecule has 0 fully saturated rings. The van der Waals surface area contributed by atoms with Crippen molar-refractivity contribution in [1.29, 1.82) is 0 Å². The maximum absolute atomic E-state index is 13.3. The Hall–Kier alpha value is -2.31. The van der Waals surface area contributed by atoms with E-state index in [-0.39, 0.29) is 5.91 Å². The highest BCUT2D eigenvalue weighted by atomic mass is 79.9. The second-order valence-electron chi connectivity index (χ2n) is 6.83. The van der Waals surface area contributed by atoms with Crippen LogP contribution in [0.3, 0.4) is 0 Å². The van der Waals surface area contributed by atoms with Gasteiger partial charge in [-0.3, -0.25) is 14.2 Å². The third-order valence-electron chi connectivity index (χ3n) is 5.04. The maximum Gasteiger partial charge on any atom is 0.311 e. The molecular formula is C22H21BrClNO4. The quantitative estimate of drug-likeness (QED) is 0.469. The number of aromatic nitrogens is 1. The Labute approximate surface area is 182 Å². The molecule has 2 aromatic carbocycles. The van der Waals surface area contributed by atoms with E-state index in [1.54, 1.807) is 47.9 Å². The van der Waals surface area contributed by atoms with E-state index in [1.165, 1.54) is 7.11 Å². The third kappa shape index (κ3) is 3.91. The molecule has 0 saturated carbocycles. The van der Waals surface area contributed by atoms with Crippen LogP contribution in [0.1, 0.15) is 47.3 Å². The number of carboxylic acids is 1. The zero-order valence-corrected chi connectivity index (χ0v) is 18.7. The van der Waals surface area contributed by atoms with E-state index in [0.717, 1.165) is 4.47 Å². The third-order valence-corrected chi connectivity index (χ3v) is 5.87. The number of carbonyl (C=O) groups is 2. The summed E-state index contributed by atoms with van der Waals surface area (Å²) in [7, 11) is 1.50. The minimum absolute atomic E-state index is 0.242. The van der Waals surface area contributed by atoms with Gasteiger partial charge in [-0.05, 0) is 55.3 Å². The molecule has 1 heterocycles. The van der Waals surface area contributed by atoms with Crippen molar-refractivity contribution >= 4 is 50.3 Å². The Morgan fingerprint density at radius 1 is 1.24 bits per heavy atom. The minimum atomic E-state index is -0.918. The summed E-state index contributed by atoms with van der Waals surface area (Å²) >= 11 is 9.71. The van der Waals surface area contributed by atoms with Crippen molar-refractivity contribution in [2.45, 2.75) is 32.6 Å². The van der Waals surface area contributed by atoms with Gasteiger partial charge in [0.05, 0.1) is 23.6 Å². The predicted octanol–water partition coefficient (Wildman–Crippen LogP) is 6.03. The highest BCUT2D eigenvalue weighted by molar-refractivity contribution is 9.10. The first-order chi connectivity index (χ1) is 13.8. The Morgan fingerprint density at radius 3 is 2.45 bits per heavy atom. The lowest BCUT2D eigenvalue weighted by Gasteiger charge is -2.13. The van der Waals surface area contributed by atoms with Crippen LogP contribution in [0, 0.1) is 6.92 Å². The Kier molecular flexibility index (Phi) is 6.34. The van der Waals surface area contributed by atoms with E-state index < -0.39 is 11.9 Å². The van der Waals surface area contributed by atoms with Gasteiger partial charge < -0.3 is 9.84 Å². The van der Waals surface area contributed by atoms with Crippen LogP contribution in [-0.2, 0) is 4.79 Å². The number of aliphatic carboxylic acids is 1. The number of nitrogens with zero attached hydrogens (tertiary/aromatic N) is 1. The second kappa shape index (κ2) is 8.59. The number of halogens is 2. The van der Waals surface area contributed by atoms with Crippen LogP contribution in [0.15, 0.2) is 40.9 Å². The first-order valence-corrected chi connectivity index (χ1v) is 10.4. The van der Waals surface area contributed by atoms with Crippen molar-refractivity contribution in [3.05, 3.63) is 62.7 Å². The van der Waals surface area contributed by atoms with Gasteiger partial charge in [0.1, 0.15) is 5.75 Å². The number of hydrogen-bond donors (Lipinski definition) is 1. The molecule has 1 aromatic heterocycles. The molecular weight excluding hydrogens is 458 g/mol. The largest absolute Gasteiger partial charge is 0.495 e. The van der Waals surface area contributed by atoms with Crippen LogP contribution in [0.5, 0.6) is 5.75 Å². The van der Waals surface area contributed by atoms with Crippen molar-refractivity contribution in [2.24, 2.45) is 0 Å². The standard InChI is InChI=1S/C22H21BrClNO4/c1-4-5-15(22(27)28)20-12(2)25(21(26)13-6-8-14(23)9-7-13)18-11-17(24)19(29-3)10-16(18)20/h6-11,15H,4-5H2,1-3H3,(H,27,28). The fourth-order valence-corrected chi connectivity index (χ4v) is 4.20. The SMILES string of the molecule is CCCC(C(=O)O)c1c(C)n(C(=O)c2ccc(Br)cc2)c2cc(Cl)c(OC)cc12. The first-order valence-electron chi connectivity index (χ1n) is 9.21. The normalized spacial score (nSPS) is 12.2. The van der Waals surface area contributed by atoms with Crippen LogP contribution in [0.2, 0.25) is 5.02 Å². The summed E-state index contributed by atoms with van der Waals surface area (Å²) < 4.78 is 7.75. The van der Waals surface area contributed by atoms with Crippen LogP contribution < -0.4 is 4.74 Å². The maximum atomic E-state index is 13.3. The minimum Gasteiger partial charge on any atom is -0.495 e. The molecule has 152 valence electrons. The van der Waals surface area contributed by atoms with Gasteiger partial charge in [-0.15, -0.1) is 0 Å². The number of benzene rings is 2. The van der Waals surface area contributed by atoms with Crippen LogP contribution >= 0.6 is 27.5 Å². The van der Waals surface area contributed by atoms with Gasteiger partial charge in [-0.2, -0.15) is 0 Å². The summed E-state index contributed by atoms with van der Waals surface area (Å²) in [5, 5.41) is 10.9. The lowest BCUT2D eigenvalue weighted by Crippen LogP contribution is -2.16. The van der Waals surface area contributed by atoms with Crippen LogP contribution in [-0.4, -0.2) is 28.7 Å². The smallest absolute Gasteiger partial charge is 0.311 e. The lowest BCUT2D eigenvalue weighted by molar-refractivity contribution is -0.139. The van der Waals surface area contributed by atoms with E-state index in [2.05, 4.69) is 15.9 Å². The number of rotatable bonds is 6. The number of fused-ring (bicyclic) bond motifs is 1. The number of ether oxygens (including phenoxy) is 1. The molecule has 1 N–H and O–H groups in total. The summed E-state index contributed by atoms with van der Waals surface area (Å²) in [5.74, 6) is -1.45. The van der Waals surface area contributed by atoms with Crippen molar-refractivity contribution in [3.63, 3.8) is 0 Å². The molecule has 5 nitrogen and oxygen atoms in total. The number of methoxy groups -OCH3 is 1. The fourth-order valence-electron chi connectivity index (χ4n) is 3.70. The average Bonchev–Trinajstić information content (AvgIpc) is 2.95. The Bertz CT molecular complexity index is 1090. The summed E-state index contributed by atoms with van der Waals surface area (Å²) in [6, 6.07) is 10.4. The molecule has 0 spiro atoms. The van der Waals surface area contributed by atoms with Crippen molar-refractivity contribution in [2.75, 3.05) is 7.11 Å². The molecule has 1 unspecified atom stereocenters. The number of hydrogen-bond acceptors (Lipinski definition) is 3. The molecule has 0 amide bonds. The lowest BCUT2D eigenvalue weighted by atomic mass is 9.92. The van der Waals surface area contributed by atoms with Crippen molar-refractivity contribution in [3.8, 4) is 5.75 Å². The zero-order chi connectivity index (χ0) is 21.3. The molecule has 0 radical (unpaired) electrons. The zero-order valence-electron chi connectivity index (χ0n) is 16.3. The summed E-state index contributed by atoms with van der Waals surface area (Å²) in [4.78, 5) is 25.4. The van der Waals surface area contributed by atoms with Gasteiger partial charge in [0.25, 0.3) is 5.91 Å². The van der Waals surface area contributed by atoms with Gasteiger partial charge in [0.2, 0.25) is 0 Å². The fraction of sp³-hybridized carbons (Fsp3) is 0.273.